The van der Waals surface area contributed by atoms with Crippen LogP contribution in [0.25, 0.3) is 5.69 Å². The largest absolute Gasteiger partial charge is 0.378 e. The molecule has 1 aromatic carbocycles. The van der Waals surface area contributed by atoms with Gasteiger partial charge in [-0.2, -0.15) is 0 Å². The van der Waals surface area contributed by atoms with Crippen LogP contribution in [0.4, 0.5) is 4.39 Å². The Morgan fingerprint density at radius 1 is 1.52 bits per heavy atom. The average molecular weight is 317 g/mol. The van der Waals surface area contributed by atoms with Crippen LogP contribution in [0.2, 0.25) is 0 Å². The molecule has 23 heavy (non-hydrogen) atoms. The number of amides is 1. The molecule has 3 rings (SSSR count). The molecule has 1 heterocycles. The minimum atomic E-state index is -0.337. The molecule has 1 N–H and O–H groups in total. The summed E-state index contributed by atoms with van der Waals surface area (Å²) in [4.78, 5) is 16.0. The van der Waals surface area contributed by atoms with E-state index in [0.717, 1.165) is 17.8 Å². The van der Waals surface area contributed by atoms with E-state index >= 15 is 0 Å². The Kier molecular flexibility index (Phi) is 4.43. The van der Waals surface area contributed by atoms with Crippen molar-refractivity contribution in [2.45, 2.75) is 32.9 Å². The number of ether oxygens (including phenoxy) is 1. The van der Waals surface area contributed by atoms with Gasteiger partial charge >= 0.3 is 0 Å². The smallest absolute Gasteiger partial charge is 0.226 e. The van der Waals surface area contributed by atoms with Gasteiger partial charge in [0, 0.05) is 25.5 Å². The standard InChI is InChI=1S/C17H20FN3O2/c1-3-23-16-9-13(16)17(22)20-10-12-4-5-15(14(18)8-12)21-7-6-19-11(21)2/h4-8,13,16H,3,9-10H2,1-2H3,(H,20,22)/t13-,16+/m0/s1. The first kappa shape index (κ1) is 15.7. The summed E-state index contributed by atoms with van der Waals surface area (Å²) in [5.74, 6) is 0.295. The summed E-state index contributed by atoms with van der Waals surface area (Å²) >= 11 is 0. The number of nitrogens with zero attached hydrogens (tertiary/aromatic N) is 2. The number of rotatable bonds is 6. The zero-order chi connectivity index (χ0) is 16.4. The molecular weight excluding hydrogens is 297 g/mol. The highest BCUT2D eigenvalue weighted by atomic mass is 19.1. The van der Waals surface area contributed by atoms with Gasteiger partial charge in [0.25, 0.3) is 0 Å². The maximum atomic E-state index is 14.3. The minimum Gasteiger partial charge on any atom is -0.378 e. The molecule has 2 atom stereocenters. The second-order valence-corrected chi connectivity index (χ2v) is 5.68. The number of hydrogen-bond acceptors (Lipinski definition) is 3. The molecule has 0 saturated heterocycles. The van der Waals surface area contributed by atoms with Gasteiger partial charge in [-0.05, 0) is 38.0 Å². The van der Waals surface area contributed by atoms with Crippen molar-refractivity contribution in [1.29, 1.82) is 0 Å². The summed E-state index contributed by atoms with van der Waals surface area (Å²) < 4.78 is 21.4. The highest BCUT2D eigenvalue weighted by molar-refractivity contribution is 5.82. The van der Waals surface area contributed by atoms with Crippen LogP contribution >= 0.6 is 0 Å². The van der Waals surface area contributed by atoms with Crippen LogP contribution in [0.15, 0.2) is 30.6 Å². The summed E-state index contributed by atoms with van der Waals surface area (Å²) in [7, 11) is 0. The summed E-state index contributed by atoms with van der Waals surface area (Å²) in [6, 6.07) is 4.96. The highest BCUT2D eigenvalue weighted by Crippen LogP contribution is 2.33. The lowest BCUT2D eigenvalue weighted by Crippen LogP contribution is -2.26. The molecule has 122 valence electrons. The normalized spacial score (nSPS) is 19.6. The minimum absolute atomic E-state index is 0.0293. The van der Waals surface area contributed by atoms with Gasteiger partial charge in [-0.15, -0.1) is 0 Å². The molecule has 0 aliphatic heterocycles. The van der Waals surface area contributed by atoms with Crippen LogP contribution in [0.3, 0.4) is 0 Å². The summed E-state index contributed by atoms with van der Waals surface area (Å²) in [5, 5.41) is 2.84. The molecule has 1 fully saturated rings. The Hall–Kier alpha value is -2.21. The van der Waals surface area contributed by atoms with E-state index in [9.17, 15) is 9.18 Å². The van der Waals surface area contributed by atoms with Crippen LogP contribution < -0.4 is 5.32 Å². The fourth-order valence-electron chi connectivity index (χ4n) is 2.65. The van der Waals surface area contributed by atoms with Crippen LogP contribution in [0.5, 0.6) is 0 Å². The lowest BCUT2D eigenvalue weighted by molar-refractivity contribution is -0.123. The number of aromatic nitrogens is 2. The lowest BCUT2D eigenvalue weighted by atomic mass is 10.2. The Morgan fingerprint density at radius 2 is 2.35 bits per heavy atom. The number of carbonyl (C=O) groups excluding carboxylic acids is 1. The molecule has 1 saturated carbocycles. The topological polar surface area (TPSA) is 56.1 Å². The number of benzene rings is 1. The molecule has 0 unspecified atom stereocenters. The highest BCUT2D eigenvalue weighted by Gasteiger charge is 2.43. The number of aryl methyl sites for hydroxylation is 1. The van der Waals surface area contributed by atoms with Gasteiger partial charge in [-0.1, -0.05) is 6.07 Å². The molecule has 0 radical (unpaired) electrons. The molecular formula is C17H20FN3O2. The zero-order valence-electron chi connectivity index (χ0n) is 13.3. The number of imidazole rings is 1. The van der Waals surface area contributed by atoms with Gasteiger partial charge in [-0.25, -0.2) is 9.37 Å². The number of nitrogens with one attached hydrogen (secondary N) is 1. The van der Waals surface area contributed by atoms with Crippen LogP contribution in [-0.4, -0.2) is 28.2 Å². The van der Waals surface area contributed by atoms with Crippen LogP contribution in [-0.2, 0) is 16.1 Å². The van der Waals surface area contributed by atoms with Crippen molar-refractivity contribution in [3.63, 3.8) is 0 Å². The van der Waals surface area contributed by atoms with E-state index in [0.29, 0.717) is 18.8 Å². The molecule has 5 nitrogen and oxygen atoms in total. The summed E-state index contributed by atoms with van der Waals surface area (Å²) in [5.41, 5.74) is 1.18. The predicted octanol–water partition coefficient (Wildman–Crippen LogP) is 2.36. The second-order valence-electron chi connectivity index (χ2n) is 5.68. The predicted molar refractivity (Wildman–Crippen MR) is 83.6 cm³/mol. The van der Waals surface area contributed by atoms with E-state index in [-0.39, 0.29) is 23.7 Å². The molecule has 1 aromatic heterocycles. The molecule has 1 aliphatic rings. The average Bonchev–Trinajstić information content (AvgIpc) is 3.18. The van der Waals surface area contributed by atoms with Crippen LogP contribution in [0, 0.1) is 18.7 Å². The molecule has 1 amide bonds. The third kappa shape index (κ3) is 3.42. The first-order chi connectivity index (χ1) is 11.1. The fourth-order valence-corrected chi connectivity index (χ4v) is 2.65. The SMILES string of the molecule is CCO[C@@H]1C[C@@H]1C(=O)NCc1ccc(-n2ccnc2C)c(F)c1. The molecule has 0 spiro atoms. The maximum absolute atomic E-state index is 14.3. The number of hydrogen-bond donors (Lipinski definition) is 1. The van der Waals surface area contributed by atoms with Crippen molar-refractivity contribution >= 4 is 5.91 Å². The van der Waals surface area contributed by atoms with Gasteiger partial charge in [-0.3, -0.25) is 4.79 Å². The van der Waals surface area contributed by atoms with E-state index in [2.05, 4.69) is 10.3 Å². The summed E-state index contributed by atoms with van der Waals surface area (Å²) in [6.45, 7) is 4.67. The fraction of sp³-hybridized carbons (Fsp3) is 0.412. The van der Waals surface area contributed by atoms with Gasteiger partial charge in [0.05, 0.1) is 17.7 Å². The quantitative estimate of drug-likeness (QED) is 0.890. The first-order valence-electron chi connectivity index (χ1n) is 7.78. The molecule has 0 bridgehead atoms. The van der Waals surface area contributed by atoms with E-state index < -0.39 is 0 Å². The van der Waals surface area contributed by atoms with Crippen molar-refractivity contribution in [3.05, 3.63) is 47.8 Å². The third-order valence-corrected chi connectivity index (χ3v) is 4.01. The van der Waals surface area contributed by atoms with Crippen LogP contribution in [0.1, 0.15) is 24.7 Å². The van der Waals surface area contributed by atoms with Gasteiger partial charge < -0.3 is 14.6 Å². The van der Waals surface area contributed by atoms with Crippen molar-refractivity contribution in [1.82, 2.24) is 14.9 Å². The number of halogens is 1. The first-order valence-corrected chi connectivity index (χ1v) is 7.78. The van der Waals surface area contributed by atoms with E-state index in [1.165, 1.54) is 6.07 Å². The van der Waals surface area contributed by atoms with Crippen molar-refractivity contribution in [3.8, 4) is 5.69 Å². The van der Waals surface area contributed by atoms with Gasteiger partial charge in [0.1, 0.15) is 11.6 Å². The van der Waals surface area contributed by atoms with Gasteiger partial charge in [0.2, 0.25) is 5.91 Å². The zero-order valence-corrected chi connectivity index (χ0v) is 13.3. The van der Waals surface area contributed by atoms with Crippen molar-refractivity contribution < 1.29 is 13.9 Å². The van der Waals surface area contributed by atoms with Crippen molar-refractivity contribution in [2.24, 2.45) is 5.92 Å². The van der Waals surface area contributed by atoms with E-state index in [1.807, 2.05) is 19.9 Å². The Bertz CT molecular complexity index is 714. The van der Waals surface area contributed by atoms with E-state index in [1.54, 1.807) is 23.0 Å². The van der Waals surface area contributed by atoms with E-state index in [4.69, 9.17) is 4.74 Å². The second kappa shape index (κ2) is 6.50. The Labute approximate surface area is 134 Å². The number of carbonyl (C=O) groups is 1. The Balaban J connectivity index is 1.61. The van der Waals surface area contributed by atoms with Gasteiger partial charge in [0.15, 0.2) is 0 Å². The lowest BCUT2D eigenvalue weighted by Gasteiger charge is -2.09. The Morgan fingerprint density at radius 3 is 3.00 bits per heavy atom. The third-order valence-electron chi connectivity index (χ3n) is 4.01. The molecule has 1 aliphatic carbocycles. The molecule has 2 aromatic rings. The summed E-state index contributed by atoms with van der Waals surface area (Å²) in [6.07, 6.45) is 4.17. The maximum Gasteiger partial charge on any atom is 0.226 e. The van der Waals surface area contributed by atoms with Crippen molar-refractivity contribution in [2.75, 3.05) is 6.61 Å². The molecule has 6 heteroatoms. The monoisotopic (exact) mass is 317 g/mol.